The number of piperidine rings is 1. The summed E-state index contributed by atoms with van der Waals surface area (Å²) in [6, 6.07) is 10.1. The molecular formula is C28H34FN5O5S. The van der Waals surface area contributed by atoms with Gasteiger partial charge in [-0.15, -0.1) is 0 Å². The number of amides is 2. The molecule has 3 fully saturated rings. The molecule has 1 aromatic rings. The van der Waals surface area contributed by atoms with E-state index in [2.05, 4.69) is 0 Å². The van der Waals surface area contributed by atoms with E-state index in [1.165, 1.54) is 16.1 Å². The van der Waals surface area contributed by atoms with Gasteiger partial charge < -0.3 is 14.9 Å². The predicted octanol–water partition coefficient (Wildman–Crippen LogP) is 4.61. The maximum atomic E-state index is 15.1. The Kier molecular flexibility index (Phi) is 10.2. The molecule has 1 atom stereocenters. The van der Waals surface area contributed by atoms with E-state index in [4.69, 9.17) is 25.1 Å². The summed E-state index contributed by atoms with van der Waals surface area (Å²) in [6.07, 6.45) is 5.74. The monoisotopic (exact) mass is 571 g/mol. The first-order chi connectivity index (χ1) is 19.0. The van der Waals surface area contributed by atoms with E-state index in [0.717, 1.165) is 31.2 Å². The number of nitrogens with zero attached hydrogens (tertiary/aromatic N) is 5. The first-order valence-electron chi connectivity index (χ1n) is 13.4. The summed E-state index contributed by atoms with van der Waals surface area (Å²) in [5, 5.41) is 34.0. The number of carboxylic acid groups (broad SMARTS) is 1. The van der Waals surface area contributed by atoms with Crippen LogP contribution in [-0.4, -0.2) is 58.2 Å². The third-order valence-corrected chi connectivity index (χ3v) is 8.83. The number of nitriles is 3. The summed E-state index contributed by atoms with van der Waals surface area (Å²) < 4.78 is 31.7. The van der Waals surface area contributed by atoms with E-state index >= 15 is 4.39 Å². The second kappa shape index (κ2) is 13.2. The Labute approximate surface area is 236 Å². The van der Waals surface area contributed by atoms with Gasteiger partial charge in [-0.2, -0.15) is 15.8 Å². The minimum absolute atomic E-state index is 0.00263. The maximum absolute atomic E-state index is 15.1. The number of hydrogen-bond acceptors (Lipinski definition) is 7. The van der Waals surface area contributed by atoms with Crippen molar-refractivity contribution in [3.63, 3.8) is 0 Å². The van der Waals surface area contributed by atoms with E-state index in [0.29, 0.717) is 44.6 Å². The Morgan fingerprint density at radius 3 is 2.15 bits per heavy atom. The molecule has 1 N–H and O–H groups in total. The lowest BCUT2D eigenvalue weighted by molar-refractivity contribution is -0.127. The molecular weight excluding hydrogens is 537 g/mol. The Hall–Kier alpha value is -3.53. The van der Waals surface area contributed by atoms with Gasteiger partial charge in [0.1, 0.15) is 24.0 Å². The second-order valence-corrected chi connectivity index (χ2v) is 11.5. The van der Waals surface area contributed by atoms with Crippen LogP contribution in [0.3, 0.4) is 0 Å². The van der Waals surface area contributed by atoms with Crippen LogP contribution in [0.4, 0.5) is 14.9 Å². The fraction of sp³-hybridized carbons (Fsp3) is 0.607. The molecule has 2 aliphatic heterocycles. The van der Waals surface area contributed by atoms with Crippen LogP contribution < -0.4 is 4.90 Å². The van der Waals surface area contributed by atoms with Gasteiger partial charge in [-0.05, 0) is 75.0 Å². The first-order valence-corrected chi connectivity index (χ1v) is 14.9. The van der Waals surface area contributed by atoms with Crippen LogP contribution in [0.15, 0.2) is 18.2 Å². The molecule has 1 aromatic carbocycles. The lowest BCUT2D eigenvalue weighted by Crippen LogP contribution is -2.46. The van der Waals surface area contributed by atoms with Gasteiger partial charge in [0.2, 0.25) is 11.3 Å². The average molecular weight is 572 g/mol. The smallest absolute Gasteiger partial charge is 0.407 e. The van der Waals surface area contributed by atoms with E-state index in [1.54, 1.807) is 37.3 Å². The quantitative estimate of drug-likeness (QED) is 0.536. The summed E-state index contributed by atoms with van der Waals surface area (Å²) in [5.41, 5.74) is -0.757. The average Bonchev–Trinajstić information content (AvgIpc) is 3.25. The summed E-state index contributed by atoms with van der Waals surface area (Å²) in [7, 11) is 0. The summed E-state index contributed by atoms with van der Waals surface area (Å²) in [6.45, 7) is 2.77. The predicted molar refractivity (Wildman–Crippen MR) is 144 cm³/mol. The van der Waals surface area contributed by atoms with E-state index in [-0.39, 0.29) is 30.2 Å². The van der Waals surface area contributed by atoms with Crippen LogP contribution >= 0.6 is 0 Å². The van der Waals surface area contributed by atoms with E-state index < -0.39 is 28.0 Å². The molecule has 214 valence electrons. The molecule has 0 bridgehead atoms. The molecule has 1 saturated carbocycles. The van der Waals surface area contributed by atoms with Gasteiger partial charge in [0.05, 0.1) is 17.2 Å². The van der Waals surface area contributed by atoms with Crippen molar-refractivity contribution in [2.45, 2.75) is 70.3 Å². The molecule has 2 saturated heterocycles. The van der Waals surface area contributed by atoms with E-state index in [9.17, 15) is 13.8 Å². The minimum atomic E-state index is -1.42. The number of carbonyl (C=O) groups is 2. The lowest BCUT2D eigenvalue weighted by atomic mass is 9.77. The molecule has 1 spiro atoms. The van der Waals surface area contributed by atoms with Crippen molar-refractivity contribution >= 4 is 28.8 Å². The van der Waals surface area contributed by atoms with Crippen molar-refractivity contribution in [3.8, 4) is 18.2 Å². The van der Waals surface area contributed by atoms with Gasteiger partial charge in [-0.25, -0.2) is 13.4 Å². The molecule has 0 radical (unpaired) electrons. The maximum Gasteiger partial charge on any atom is 0.407 e. The van der Waals surface area contributed by atoms with Crippen molar-refractivity contribution in [2.75, 3.05) is 30.8 Å². The van der Waals surface area contributed by atoms with Crippen LogP contribution in [0.25, 0.3) is 0 Å². The molecule has 4 rings (SSSR count). The zero-order chi connectivity index (χ0) is 29.5. The Morgan fingerprint density at radius 2 is 1.70 bits per heavy atom. The molecule has 40 heavy (non-hydrogen) atoms. The molecule has 2 amide bonds. The van der Waals surface area contributed by atoms with Gasteiger partial charge in [-0.1, -0.05) is 13.0 Å². The van der Waals surface area contributed by atoms with Crippen LogP contribution in [0.5, 0.6) is 0 Å². The number of halogens is 1. The highest BCUT2D eigenvalue weighted by molar-refractivity contribution is 7.79. The highest BCUT2D eigenvalue weighted by atomic mass is 32.2. The third-order valence-electron chi connectivity index (χ3n) is 8.29. The van der Waals surface area contributed by atoms with Crippen LogP contribution in [0.2, 0.25) is 0 Å². The summed E-state index contributed by atoms with van der Waals surface area (Å²) in [4.78, 5) is 27.2. The minimum Gasteiger partial charge on any atom is -0.465 e. The molecule has 0 aromatic heterocycles. The van der Waals surface area contributed by atoms with Crippen molar-refractivity contribution in [2.24, 2.45) is 10.8 Å². The molecule has 1 unspecified atom stereocenters. The number of benzene rings is 1. The fourth-order valence-electron chi connectivity index (χ4n) is 5.63. The molecule has 10 nitrogen and oxygen atoms in total. The largest absolute Gasteiger partial charge is 0.465 e. The van der Waals surface area contributed by atoms with Gasteiger partial charge in [0, 0.05) is 25.9 Å². The van der Waals surface area contributed by atoms with Crippen LogP contribution in [0, 0.1) is 50.6 Å². The Morgan fingerprint density at radius 1 is 1.12 bits per heavy atom. The Bertz CT molecular complexity index is 1220. The van der Waals surface area contributed by atoms with E-state index in [1.807, 2.05) is 6.07 Å². The van der Waals surface area contributed by atoms with Gasteiger partial charge in [0.15, 0.2) is 11.1 Å². The number of carbonyl (C=O) groups excluding carboxylic acids is 1. The van der Waals surface area contributed by atoms with Gasteiger partial charge in [-0.3, -0.25) is 8.98 Å². The first kappa shape index (κ1) is 31.0. The van der Waals surface area contributed by atoms with Crippen molar-refractivity contribution < 1.29 is 27.5 Å². The van der Waals surface area contributed by atoms with Gasteiger partial charge >= 0.3 is 6.09 Å². The van der Waals surface area contributed by atoms with Crippen molar-refractivity contribution in [1.82, 2.24) is 4.90 Å². The number of anilines is 1. The summed E-state index contributed by atoms with van der Waals surface area (Å²) in [5.74, 6) is -0.247. The third kappa shape index (κ3) is 6.78. The fourth-order valence-corrected chi connectivity index (χ4v) is 6.21. The number of hydrogen-bond donors (Lipinski definition) is 1. The molecule has 12 heteroatoms. The van der Waals surface area contributed by atoms with Gasteiger partial charge in [0.25, 0.3) is 0 Å². The van der Waals surface area contributed by atoms with Crippen LogP contribution in [-0.2, 0) is 20.1 Å². The number of rotatable bonds is 5. The summed E-state index contributed by atoms with van der Waals surface area (Å²) >= 11 is -1.27. The topological polar surface area (TPSA) is 159 Å². The SMILES string of the molecule is CCC(C#N)(C#N)C#N.CS(=O)OC1CCC(c2ccc(N3CCC4(CCN(C(=O)O)CC4)C3=O)c(F)c2)CC1. The highest BCUT2D eigenvalue weighted by Crippen LogP contribution is 2.44. The number of likely N-dealkylation sites (tertiary alicyclic amines) is 1. The second-order valence-electron chi connectivity index (χ2n) is 10.5. The standard InChI is InChI=1S/C22H29FN2O5S.C6H5N3/c1-31(29)30-17-5-2-15(3-6-17)16-4-7-19(18(23)14-16)25-13-10-22(20(25)26)8-11-24(12-9-22)21(27)28;1-2-6(3-7,4-8)5-9/h4,7,14-15,17H,2-3,5-6,8-13H2,1H3,(H,27,28);2H2,1H3. The Balaban J connectivity index is 0.000000424. The lowest BCUT2D eigenvalue weighted by Gasteiger charge is -2.36. The molecule has 1 aliphatic carbocycles. The molecule has 2 heterocycles. The zero-order valence-corrected chi connectivity index (χ0v) is 23.6. The van der Waals surface area contributed by atoms with Crippen molar-refractivity contribution in [1.29, 1.82) is 15.8 Å². The van der Waals surface area contributed by atoms with Crippen molar-refractivity contribution in [3.05, 3.63) is 29.6 Å². The highest BCUT2D eigenvalue weighted by Gasteiger charge is 2.49. The molecule has 3 aliphatic rings. The normalized spacial score (nSPS) is 22.9. The van der Waals surface area contributed by atoms with Crippen LogP contribution in [0.1, 0.15) is 69.8 Å². The zero-order valence-electron chi connectivity index (χ0n) is 22.8.